The largest absolute Gasteiger partial charge is 0.240 e. The summed E-state index contributed by atoms with van der Waals surface area (Å²) in [4.78, 5) is -0.580. The Morgan fingerprint density at radius 2 is 1.42 bits per heavy atom. The first kappa shape index (κ1) is 16.7. The average Bonchev–Trinajstić information content (AvgIpc) is 2.94. The highest BCUT2D eigenvalue weighted by molar-refractivity contribution is 7.89. The minimum absolute atomic E-state index is 0.413. The number of primary sulfonamides is 1. The maximum absolute atomic E-state index is 14.1. The van der Waals surface area contributed by atoms with Gasteiger partial charge in [0.2, 0.25) is 10.0 Å². The number of sulfonamides is 1. The lowest BCUT2D eigenvalue weighted by atomic mass is 9.97. The molecule has 24 heavy (non-hydrogen) atoms. The molecular formula is C17H14F3NO2S. The molecule has 0 saturated heterocycles. The van der Waals surface area contributed by atoms with Crippen molar-refractivity contribution in [1.29, 1.82) is 0 Å². The number of hydrogen-bond donors (Lipinski definition) is 1. The molecule has 0 fully saturated rings. The Kier molecular flexibility index (Phi) is 4.23. The zero-order valence-electron chi connectivity index (χ0n) is 12.5. The van der Waals surface area contributed by atoms with Gasteiger partial charge in [-0.05, 0) is 65.8 Å². The Labute approximate surface area is 137 Å². The van der Waals surface area contributed by atoms with Crippen molar-refractivity contribution < 1.29 is 21.6 Å². The van der Waals surface area contributed by atoms with Crippen LogP contribution in [0, 0.1) is 17.5 Å². The summed E-state index contributed by atoms with van der Waals surface area (Å²) in [5, 5.41) is 4.95. The van der Waals surface area contributed by atoms with Gasteiger partial charge >= 0.3 is 0 Å². The summed E-state index contributed by atoms with van der Waals surface area (Å²) in [6.45, 7) is 0. The Bertz CT molecular complexity index is 932. The van der Waals surface area contributed by atoms with Crippen LogP contribution in [0.5, 0.6) is 0 Å². The Balaban J connectivity index is 2.11. The summed E-state index contributed by atoms with van der Waals surface area (Å²) >= 11 is 0. The zero-order valence-corrected chi connectivity index (χ0v) is 13.3. The van der Waals surface area contributed by atoms with E-state index in [0.29, 0.717) is 24.0 Å². The van der Waals surface area contributed by atoms with Gasteiger partial charge in [-0.1, -0.05) is 6.07 Å². The summed E-state index contributed by atoms with van der Waals surface area (Å²) in [5.74, 6) is -2.31. The first-order valence-electron chi connectivity index (χ1n) is 7.27. The van der Waals surface area contributed by atoms with Crippen LogP contribution >= 0.6 is 0 Å². The molecule has 0 aromatic heterocycles. The molecule has 0 atom stereocenters. The van der Waals surface area contributed by atoms with Crippen molar-refractivity contribution in [2.75, 3.05) is 0 Å². The fourth-order valence-electron chi connectivity index (χ4n) is 3.03. The van der Waals surface area contributed by atoms with Crippen LogP contribution in [0.4, 0.5) is 13.2 Å². The molecule has 3 rings (SSSR count). The molecule has 0 aliphatic heterocycles. The lowest BCUT2D eigenvalue weighted by Gasteiger charge is -2.10. The van der Waals surface area contributed by atoms with Gasteiger partial charge in [-0.2, -0.15) is 0 Å². The van der Waals surface area contributed by atoms with E-state index in [-0.39, 0.29) is 0 Å². The monoisotopic (exact) mass is 353 g/mol. The molecule has 0 unspecified atom stereocenters. The van der Waals surface area contributed by atoms with Crippen LogP contribution in [0.25, 0.3) is 11.1 Å². The van der Waals surface area contributed by atoms with E-state index in [1.807, 2.05) is 0 Å². The van der Waals surface area contributed by atoms with Crippen LogP contribution in [0.3, 0.4) is 0 Å². The molecule has 0 radical (unpaired) electrons. The lowest BCUT2D eigenvalue weighted by molar-refractivity contribution is 0.567. The zero-order chi connectivity index (χ0) is 17.5. The van der Waals surface area contributed by atoms with Crippen LogP contribution < -0.4 is 5.14 Å². The average molecular weight is 353 g/mol. The second kappa shape index (κ2) is 6.07. The van der Waals surface area contributed by atoms with Crippen molar-refractivity contribution in [1.82, 2.24) is 0 Å². The SMILES string of the molecule is NS(=O)(=O)c1ccc(C2=C(c3cc(F)cc(F)c3)CCC2)cc1F. The van der Waals surface area contributed by atoms with Gasteiger partial charge in [0.25, 0.3) is 0 Å². The first-order chi connectivity index (χ1) is 11.3. The Morgan fingerprint density at radius 1 is 0.833 bits per heavy atom. The number of halogens is 3. The van der Waals surface area contributed by atoms with Gasteiger partial charge in [0.1, 0.15) is 22.3 Å². The quantitative estimate of drug-likeness (QED) is 0.911. The van der Waals surface area contributed by atoms with Gasteiger partial charge in [-0.25, -0.2) is 26.7 Å². The molecule has 0 saturated carbocycles. The van der Waals surface area contributed by atoms with Gasteiger partial charge in [-0.15, -0.1) is 0 Å². The number of rotatable bonds is 3. The number of hydrogen-bond acceptors (Lipinski definition) is 2. The molecule has 0 spiro atoms. The molecule has 0 heterocycles. The van der Waals surface area contributed by atoms with Crippen LogP contribution in [-0.2, 0) is 10.0 Å². The lowest BCUT2D eigenvalue weighted by Crippen LogP contribution is -2.14. The van der Waals surface area contributed by atoms with Gasteiger partial charge in [0.15, 0.2) is 0 Å². The molecule has 1 aliphatic rings. The molecule has 7 heteroatoms. The fraction of sp³-hybridized carbons (Fsp3) is 0.176. The van der Waals surface area contributed by atoms with E-state index in [9.17, 15) is 21.6 Å². The third-order valence-electron chi connectivity index (χ3n) is 4.02. The smallest absolute Gasteiger partial charge is 0.225 e. The van der Waals surface area contributed by atoms with E-state index < -0.39 is 32.4 Å². The molecule has 1 aliphatic carbocycles. The maximum Gasteiger partial charge on any atom is 0.240 e. The highest BCUT2D eigenvalue weighted by Crippen LogP contribution is 2.40. The highest BCUT2D eigenvalue weighted by Gasteiger charge is 2.21. The van der Waals surface area contributed by atoms with Crippen molar-refractivity contribution in [3.8, 4) is 0 Å². The van der Waals surface area contributed by atoms with Crippen molar-refractivity contribution >= 4 is 21.2 Å². The molecule has 3 nitrogen and oxygen atoms in total. The predicted molar refractivity (Wildman–Crippen MR) is 84.8 cm³/mol. The molecule has 2 aromatic carbocycles. The standard InChI is InChI=1S/C17H14F3NO2S/c18-12-6-11(7-13(19)9-12)15-3-1-2-14(15)10-4-5-17(16(20)8-10)24(21,22)23/h4-9H,1-3H2,(H2,21,22,23). The van der Waals surface area contributed by atoms with Gasteiger partial charge in [-0.3, -0.25) is 0 Å². The Hall–Kier alpha value is -2.12. The van der Waals surface area contributed by atoms with Crippen molar-refractivity contribution in [3.63, 3.8) is 0 Å². The molecule has 2 N–H and O–H groups in total. The van der Waals surface area contributed by atoms with Crippen molar-refractivity contribution in [3.05, 3.63) is 65.0 Å². The second-order valence-corrected chi connectivity index (χ2v) is 7.19. The van der Waals surface area contributed by atoms with E-state index in [1.165, 1.54) is 18.2 Å². The Morgan fingerprint density at radius 3 is 1.96 bits per heavy atom. The molecule has 126 valence electrons. The third-order valence-corrected chi connectivity index (χ3v) is 4.96. The number of allylic oxidation sites excluding steroid dienone is 2. The van der Waals surface area contributed by atoms with Gasteiger partial charge in [0.05, 0.1) is 0 Å². The topological polar surface area (TPSA) is 60.2 Å². The van der Waals surface area contributed by atoms with Crippen molar-refractivity contribution in [2.45, 2.75) is 24.2 Å². The normalized spacial score (nSPS) is 15.2. The van der Waals surface area contributed by atoms with E-state index >= 15 is 0 Å². The van der Waals surface area contributed by atoms with Crippen LogP contribution in [0.2, 0.25) is 0 Å². The minimum Gasteiger partial charge on any atom is -0.225 e. The van der Waals surface area contributed by atoms with E-state index in [0.717, 1.165) is 35.8 Å². The summed E-state index contributed by atoms with van der Waals surface area (Å²) in [6.07, 6.45) is 1.99. The number of benzene rings is 2. The summed E-state index contributed by atoms with van der Waals surface area (Å²) in [5.41, 5.74) is 2.38. The summed E-state index contributed by atoms with van der Waals surface area (Å²) in [6, 6.07) is 6.92. The second-order valence-electron chi connectivity index (χ2n) is 5.66. The maximum atomic E-state index is 14.1. The summed E-state index contributed by atoms with van der Waals surface area (Å²) in [7, 11) is -4.14. The molecule has 2 aromatic rings. The van der Waals surface area contributed by atoms with Crippen molar-refractivity contribution in [2.24, 2.45) is 5.14 Å². The van der Waals surface area contributed by atoms with Gasteiger partial charge < -0.3 is 0 Å². The third kappa shape index (κ3) is 3.22. The molecule has 0 amide bonds. The predicted octanol–water partition coefficient (Wildman–Crippen LogP) is 3.85. The van der Waals surface area contributed by atoms with E-state index in [4.69, 9.17) is 5.14 Å². The van der Waals surface area contributed by atoms with E-state index in [1.54, 1.807) is 0 Å². The van der Waals surface area contributed by atoms with Gasteiger partial charge in [0, 0.05) is 6.07 Å². The van der Waals surface area contributed by atoms with Crippen LogP contribution in [0.1, 0.15) is 30.4 Å². The minimum atomic E-state index is -4.14. The van der Waals surface area contributed by atoms with Crippen LogP contribution in [-0.4, -0.2) is 8.42 Å². The van der Waals surface area contributed by atoms with Crippen LogP contribution in [0.15, 0.2) is 41.3 Å². The first-order valence-corrected chi connectivity index (χ1v) is 8.81. The molecule has 0 bridgehead atoms. The summed E-state index contributed by atoms with van der Waals surface area (Å²) < 4.78 is 63.5. The fourth-order valence-corrected chi connectivity index (χ4v) is 3.62. The molecular weight excluding hydrogens is 339 g/mol. The van der Waals surface area contributed by atoms with E-state index in [2.05, 4.69) is 0 Å². The number of nitrogens with two attached hydrogens (primary N) is 1. The highest BCUT2D eigenvalue weighted by atomic mass is 32.2.